The summed E-state index contributed by atoms with van der Waals surface area (Å²) < 4.78 is 61.3. The molecule has 0 radical (unpaired) electrons. The number of nitrogens with zero attached hydrogens (tertiary/aromatic N) is 4. The summed E-state index contributed by atoms with van der Waals surface area (Å²) in [5, 5.41) is 13.3. The van der Waals surface area contributed by atoms with Gasteiger partial charge in [0.05, 0.1) is 15.2 Å². The van der Waals surface area contributed by atoms with Crippen molar-refractivity contribution >= 4 is 90.3 Å². The highest BCUT2D eigenvalue weighted by Gasteiger charge is 2.52. The number of hydrogen-bond acceptors (Lipinski definition) is 10. The molecule has 4 aliphatic heterocycles. The van der Waals surface area contributed by atoms with Gasteiger partial charge in [0.15, 0.2) is 0 Å². The zero-order valence-electron chi connectivity index (χ0n) is 45.1. The summed E-state index contributed by atoms with van der Waals surface area (Å²) in [4.78, 5) is 55.1. The molecule has 2 atom stereocenters. The summed E-state index contributed by atoms with van der Waals surface area (Å²) in [5.74, 6) is -2.19. The Balaban J connectivity index is 0.959. The van der Waals surface area contributed by atoms with Gasteiger partial charge in [-0.15, -0.1) is 0 Å². The smallest absolute Gasteiger partial charge is 0.314 e. The van der Waals surface area contributed by atoms with Gasteiger partial charge in [-0.05, 0) is 159 Å². The molecule has 0 aliphatic carbocycles. The average Bonchev–Trinajstić information content (AvgIpc) is 3.47. The van der Waals surface area contributed by atoms with E-state index in [-0.39, 0.29) is 73.2 Å². The van der Waals surface area contributed by atoms with Crippen LogP contribution in [-0.4, -0.2) is 139 Å². The molecule has 2 fully saturated rings. The lowest BCUT2D eigenvalue weighted by Gasteiger charge is -2.49. The molecule has 434 valence electrons. The molecule has 18 nitrogen and oxygen atoms in total. The monoisotopic (exact) mass is 1220 g/mol. The Bertz CT molecular complexity index is 2990. The number of carbonyl (C=O) groups excluding carboxylic acids is 4. The number of likely N-dealkylation sites (N-methyl/N-ethyl adjacent to an activating group) is 2. The molecule has 4 heterocycles. The Hall–Kier alpha value is -4.74. The number of nitrogens with two attached hydrogens (primary N) is 2. The topological polar surface area (TPSA) is 250 Å². The summed E-state index contributed by atoms with van der Waals surface area (Å²) >= 11 is 26.3. The van der Waals surface area contributed by atoms with Gasteiger partial charge in [0.25, 0.3) is 0 Å². The van der Waals surface area contributed by atoms with Crippen molar-refractivity contribution in [2.75, 3.05) is 79.5 Å². The van der Waals surface area contributed by atoms with Crippen LogP contribution >= 0.6 is 46.4 Å². The van der Waals surface area contributed by atoms with E-state index < -0.39 is 55.1 Å². The fourth-order valence-corrected chi connectivity index (χ4v) is 16.6. The lowest BCUT2D eigenvalue weighted by Crippen LogP contribution is -2.56. The Morgan fingerprint density at radius 3 is 1.38 bits per heavy atom. The molecular formula is C56H72Cl4N10O8S2. The maximum Gasteiger partial charge on any atom is 0.314 e. The Kier molecular flexibility index (Phi) is 20.4. The molecule has 0 saturated carbocycles. The fourth-order valence-electron chi connectivity index (χ4n) is 12.5. The summed E-state index contributed by atoms with van der Waals surface area (Å²) in [5.41, 5.74) is 15.9. The number of piperidine rings is 2. The molecule has 0 unspecified atom stereocenters. The molecule has 80 heavy (non-hydrogen) atoms. The molecule has 4 aliphatic rings. The first-order valence-electron chi connectivity index (χ1n) is 27.2. The van der Waals surface area contributed by atoms with Gasteiger partial charge in [-0.25, -0.2) is 26.4 Å². The van der Waals surface area contributed by atoms with Crippen LogP contribution in [0, 0.1) is 17.3 Å². The second-order valence-electron chi connectivity index (χ2n) is 21.7. The SMILES string of the molecule is CN1Cc2c(Cl)cc(Cl)cc2[C@H](c2cccc(S(=O)(=O)N3CCC(C(CCNC(=O)NCCCCNC(=O)NCCCC(N)=O)(C(N)=O)C4CCN(S(=O)(=O)c5cccc([C@@H]6CN(C)Cc7c(Cl)cc(Cl)cc76)c5)CC4)CC3)c2)C1. The van der Waals surface area contributed by atoms with Gasteiger partial charge in [-0.1, -0.05) is 70.7 Å². The van der Waals surface area contributed by atoms with Crippen molar-refractivity contribution in [3.63, 3.8) is 0 Å². The molecule has 4 aromatic rings. The summed E-state index contributed by atoms with van der Waals surface area (Å²) in [6, 6.07) is 20.4. The van der Waals surface area contributed by atoms with Crippen LogP contribution in [0.15, 0.2) is 82.6 Å². The van der Waals surface area contributed by atoms with Crippen molar-refractivity contribution < 1.29 is 36.0 Å². The number of urea groups is 2. The molecular weight excluding hydrogens is 1150 g/mol. The van der Waals surface area contributed by atoms with Crippen molar-refractivity contribution in [3.8, 4) is 0 Å². The number of benzene rings is 4. The van der Waals surface area contributed by atoms with Crippen molar-refractivity contribution in [1.29, 1.82) is 0 Å². The number of fused-ring (bicyclic) bond motifs is 2. The third kappa shape index (κ3) is 14.2. The third-order valence-electron chi connectivity index (χ3n) is 16.5. The number of carbonyl (C=O) groups is 4. The standard InChI is InChI=1S/C56H72Cl4N10O8S2/c1-67-32-46(44-28-40(57)30-50(59)48(44)34-67)36-8-5-10-42(26-36)79(75,76)69-22-13-38(14-23-69)56(53(62)72,17-21-66-55(74)64-19-4-3-18-63-54(73)65-20-7-12-52(61)71)39-15-24-70(25-16-39)80(77,78)43-11-6-9-37(27-43)47-33-68(2)35-49-45(47)29-41(58)31-51(49)60/h5-6,8-11,26-31,38-39,46-47H,3-4,7,12-25,32-35H2,1-2H3,(H2,61,71)(H2,62,72)(H2,63,65,73)(H2,64,66,74)/t46-,47-/m0/s1. The fraction of sp³-hybridized carbons (Fsp3) is 0.500. The summed E-state index contributed by atoms with van der Waals surface area (Å²) in [7, 11) is -4.06. The largest absolute Gasteiger partial charge is 0.370 e. The van der Waals surface area contributed by atoms with E-state index in [2.05, 4.69) is 31.1 Å². The molecule has 0 bridgehead atoms. The van der Waals surface area contributed by atoms with Gasteiger partial charge in [0.1, 0.15) is 0 Å². The minimum absolute atomic E-state index is 0.0642. The highest BCUT2D eigenvalue weighted by molar-refractivity contribution is 7.89. The maximum absolute atomic E-state index is 14.6. The molecule has 24 heteroatoms. The van der Waals surface area contributed by atoms with Crippen LogP contribution in [0.4, 0.5) is 9.59 Å². The third-order valence-corrected chi connectivity index (χ3v) is 21.4. The lowest BCUT2D eigenvalue weighted by molar-refractivity contribution is -0.139. The Morgan fingerprint density at radius 2 is 0.975 bits per heavy atom. The van der Waals surface area contributed by atoms with E-state index in [0.29, 0.717) is 111 Å². The number of halogens is 4. The molecule has 0 spiro atoms. The van der Waals surface area contributed by atoms with Crippen molar-refractivity contribution in [2.45, 2.75) is 92.5 Å². The van der Waals surface area contributed by atoms with E-state index in [1.807, 2.05) is 38.4 Å². The second kappa shape index (κ2) is 26.7. The minimum atomic E-state index is -4.02. The number of amides is 6. The quantitative estimate of drug-likeness (QED) is 0.0449. The Labute approximate surface area is 490 Å². The van der Waals surface area contributed by atoms with Crippen LogP contribution in [0.3, 0.4) is 0 Å². The number of unbranched alkanes of at least 4 members (excludes halogenated alkanes) is 1. The van der Waals surface area contributed by atoms with E-state index in [4.69, 9.17) is 57.9 Å². The molecule has 4 aromatic carbocycles. The summed E-state index contributed by atoms with van der Waals surface area (Å²) in [6.07, 6.45) is 3.09. The number of primary amides is 2. The lowest BCUT2D eigenvalue weighted by atomic mass is 9.59. The number of nitrogens with one attached hydrogen (secondary N) is 4. The molecule has 2 saturated heterocycles. The van der Waals surface area contributed by atoms with Gasteiger partial charge >= 0.3 is 12.1 Å². The van der Waals surface area contributed by atoms with Gasteiger partial charge < -0.3 is 42.5 Å². The van der Waals surface area contributed by atoms with Gasteiger partial charge in [-0.3, -0.25) is 9.59 Å². The average molecular weight is 1220 g/mol. The number of hydrogen-bond donors (Lipinski definition) is 6. The normalized spacial score (nSPS) is 19.2. The highest BCUT2D eigenvalue weighted by Crippen LogP contribution is 2.50. The van der Waals surface area contributed by atoms with Crippen LogP contribution < -0.4 is 32.7 Å². The van der Waals surface area contributed by atoms with E-state index >= 15 is 0 Å². The first kappa shape index (κ1) is 61.3. The van der Waals surface area contributed by atoms with Crippen LogP contribution in [0.25, 0.3) is 0 Å². The first-order chi connectivity index (χ1) is 38.1. The molecule has 6 amide bonds. The van der Waals surface area contributed by atoms with E-state index in [1.54, 1.807) is 48.5 Å². The van der Waals surface area contributed by atoms with Crippen LogP contribution in [0.2, 0.25) is 20.1 Å². The number of sulfonamides is 2. The van der Waals surface area contributed by atoms with Crippen molar-refractivity contribution in [1.82, 2.24) is 39.7 Å². The predicted molar refractivity (Wildman–Crippen MR) is 312 cm³/mol. The second-order valence-corrected chi connectivity index (χ2v) is 27.3. The highest BCUT2D eigenvalue weighted by atomic mass is 35.5. The van der Waals surface area contributed by atoms with Crippen molar-refractivity contribution in [3.05, 3.63) is 126 Å². The van der Waals surface area contributed by atoms with E-state index in [0.717, 1.165) is 33.4 Å². The zero-order valence-corrected chi connectivity index (χ0v) is 49.8. The minimum Gasteiger partial charge on any atom is -0.370 e. The summed E-state index contributed by atoms with van der Waals surface area (Å²) in [6.45, 7) is 3.99. The van der Waals surface area contributed by atoms with Crippen LogP contribution in [0.5, 0.6) is 0 Å². The predicted octanol–water partition coefficient (Wildman–Crippen LogP) is 7.46. The maximum atomic E-state index is 14.6. The Morgan fingerprint density at radius 1 is 0.575 bits per heavy atom. The molecule has 8 N–H and O–H groups in total. The molecule has 8 rings (SSSR count). The van der Waals surface area contributed by atoms with E-state index in [9.17, 15) is 36.0 Å². The van der Waals surface area contributed by atoms with Crippen LogP contribution in [0.1, 0.15) is 103 Å². The van der Waals surface area contributed by atoms with Gasteiger partial charge in [0.2, 0.25) is 31.9 Å². The van der Waals surface area contributed by atoms with Crippen LogP contribution in [-0.2, 0) is 42.7 Å². The first-order valence-corrected chi connectivity index (χ1v) is 31.6. The van der Waals surface area contributed by atoms with Gasteiger partial charge in [0, 0.05) is 117 Å². The van der Waals surface area contributed by atoms with E-state index in [1.165, 1.54) is 8.61 Å². The molecule has 0 aromatic heterocycles. The number of rotatable bonds is 21. The van der Waals surface area contributed by atoms with Gasteiger partial charge in [-0.2, -0.15) is 8.61 Å². The zero-order chi connectivity index (χ0) is 57.5. The van der Waals surface area contributed by atoms with Crippen molar-refractivity contribution in [2.24, 2.45) is 28.7 Å².